The molecular formula is C22H26N4O4S. The van der Waals surface area contributed by atoms with Gasteiger partial charge in [-0.25, -0.2) is 9.78 Å². The predicted octanol–water partition coefficient (Wildman–Crippen LogP) is 3.16. The summed E-state index contributed by atoms with van der Waals surface area (Å²) < 4.78 is 0. The number of amides is 1. The van der Waals surface area contributed by atoms with Crippen LogP contribution in [0.3, 0.4) is 0 Å². The molecule has 1 amide bonds. The Morgan fingerprint density at radius 1 is 1.29 bits per heavy atom. The van der Waals surface area contributed by atoms with Gasteiger partial charge in [-0.05, 0) is 42.7 Å². The minimum absolute atomic E-state index is 0.169. The van der Waals surface area contributed by atoms with E-state index in [0.29, 0.717) is 34.6 Å². The number of benzene rings is 1. The number of aromatic amines is 1. The monoisotopic (exact) mass is 442 g/mol. The maximum absolute atomic E-state index is 12.6. The summed E-state index contributed by atoms with van der Waals surface area (Å²) >= 11 is 1.29. The fraction of sp³-hybridized carbons (Fsp3) is 0.364. The van der Waals surface area contributed by atoms with Crippen LogP contribution in [0.25, 0.3) is 10.9 Å². The van der Waals surface area contributed by atoms with Gasteiger partial charge >= 0.3 is 5.97 Å². The van der Waals surface area contributed by atoms with Crippen molar-refractivity contribution in [2.24, 2.45) is 5.92 Å². The van der Waals surface area contributed by atoms with E-state index in [4.69, 9.17) is 0 Å². The minimum Gasteiger partial charge on any atom is -0.480 e. The van der Waals surface area contributed by atoms with E-state index in [1.54, 1.807) is 19.9 Å². The number of H-pyrrole nitrogens is 1. The number of nitrogens with zero attached hydrogens (tertiary/aromatic N) is 2. The summed E-state index contributed by atoms with van der Waals surface area (Å²) in [6.07, 6.45) is 0.652. The minimum atomic E-state index is -1.03. The Bertz CT molecular complexity index is 1170. The number of thiophene rings is 1. The van der Waals surface area contributed by atoms with Crippen LogP contribution in [0.15, 0.2) is 35.1 Å². The number of anilines is 1. The van der Waals surface area contributed by atoms with E-state index in [1.165, 1.54) is 11.3 Å². The number of carboxylic acids is 1. The summed E-state index contributed by atoms with van der Waals surface area (Å²) in [6, 6.07) is 8.18. The second kappa shape index (κ2) is 9.30. The van der Waals surface area contributed by atoms with Gasteiger partial charge in [0.1, 0.15) is 11.9 Å². The topological polar surface area (TPSA) is 115 Å². The number of carbonyl (C=O) groups excluding carboxylic acids is 1. The summed E-state index contributed by atoms with van der Waals surface area (Å²) in [7, 11) is 1.90. The Balaban J connectivity index is 1.73. The summed E-state index contributed by atoms with van der Waals surface area (Å²) in [5, 5.41) is 13.4. The lowest BCUT2D eigenvalue weighted by molar-refractivity contribution is -0.140. The highest BCUT2D eigenvalue weighted by atomic mass is 32.1. The summed E-state index contributed by atoms with van der Waals surface area (Å²) in [5.41, 5.74) is 1.42. The van der Waals surface area contributed by atoms with E-state index in [9.17, 15) is 19.5 Å². The van der Waals surface area contributed by atoms with Crippen molar-refractivity contribution in [2.45, 2.75) is 39.8 Å². The van der Waals surface area contributed by atoms with Crippen molar-refractivity contribution in [3.8, 4) is 0 Å². The van der Waals surface area contributed by atoms with Gasteiger partial charge in [0.15, 0.2) is 0 Å². The van der Waals surface area contributed by atoms with Crippen molar-refractivity contribution < 1.29 is 14.7 Å². The van der Waals surface area contributed by atoms with Crippen LogP contribution in [0.4, 0.5) is 5.00 Å². The molecule has 0 aliphatic carbocycles. The molecule has 0 saturated carbocycles. The van der Waals surface area contributed by atoms with E-state index < -0.39 is 17.9 Å². The number of hydrogen-bond acceptors (Lipinski definition) is 6. The lowest BCUT2D eigenvalue weighted by Gasteiger charge is -2.20. The van der Waals surface area contributed by atoms with Crippen molar-refractivity contribution >= 4 is 39.1 Å². The Morgan fingerprint density at radius 3 is 2.71 bits per heavy atom. The zero-order valence-electron chi connectivity index (χ0n) is 17.9. The molecule has 0 aliphatic heterocycles. The quantitative estimate of drug-likeness (QED) is 0.494. The normalized spacial score (nSPS) is 13.0. The van der Waals surface area contributed by atoms with Crippen LogP contribution in [-0.4, -0.2) is 40.0 Å². The Morgan fingerprint density at radius 2 is 2.03 bits per heavy atom. The van der Waals surface area contributed by atoms with Gasteiger partial charge in [0.2, 0.25) is 0 Å². The van der Waals surface area contributed by atoms with Gasteiger partial charge in [0.25, 0.3) is 11.5 Å². The molecule has 8 nitrogen and oxygen atoms in total. The maximum atomic E-state index is 12.6. The third kappa shape index (κ3) is 5.11. The predicted molar refractivity (Wildman–Crippen MR) is 122 cm³/mol. The molecule has 0 radical (unpaired) electrons. The average molecular weight is 443 g/mol. The lowest BCUT2D eigenvalue weighted by atomic mass is 9.99. The zero-order chi connectivity index (χ0) is 22.7. The number of nitrogens with one attached hydrogen (secondary N) is 2. The number of aromatic nitrogens is 2. The molecule has 2 aromatic heterocycles. The standard InChI is InChI=1S/C22H26N4O4S/c1-5-12(2)19(22(29)30)25-21(28)17-8-9-18(31-17)26(4)11-14-6-7-16-15(10-14)20(27)24-13(3)23-16/h6-10,12,19H,5,11H2,1-4H3,(H,25,28)(H,29,30)(H,23,24,27)/t12?,19-/m0/s1. The molecular weight excluding hydrogens is 416 g/mol. The summed E-state index contributed by atoms with van der Waals surface area (Å²) in [6.45, 7) is 5.98. The Hall–Kier alpha value is -3.20. The molecule has 0 spiro atoms. The third-order valence-electron chi connectivity index (χ3n) is 5.27. The van der Waals surface area contributed by atoms with Gasteiger partial charge < -0.3 is 20.3 Å². The van der Waals surface area contributed by atoms with Crippen molar-refractivity contribution in [3.63, 3.8) is 0 Å². The number of rotatable bonds is 8. The van der Waals surface area contributed by atoms with Gasteiger partial charge in [-0.2, -0.15) is 0 Å². The molecule has 0 saturated heterocycles. The smallest absolute Gasteiger partial charge is 0.326 e. The highest BCUT2D eigenvalue weighted by molar-refractivity contribution is 7.17. The molecule has 9 heteroatoms. The summed E-state index contributed by atoms with van der Waals surface area (Å²) in [5.74, 6) is -1.02. The van der Waals surface area contributed by atoms with Gasteiger partial charge in [-0.15, -0.1) is 11.3 Å². The number of aliphatic carboxylic acids is 1. The molecule has 31 heavy (non-hydrogen) atoms. The van der Waals surface area contributed by atoms with Gasteiger partial charge in [0, 0.05) is 13.6 Å². The molecule has 164 valence electrons. The van der Waals surface area contributed by atoms with Crippen LogP contribution in [0.1, 0.15) is 41.3 Å². The fourth-order valence-electron chi connectivity index (χ4n) is 3.30. The SMILES string of the molecule is CCC(C)[C@H](NC(=O)c1ccc(N(C)Cc2ccc3nc(C)[nH]c(=O)c3c2)s1)C(=O)O. The molecule has 0 fully saturated rings. The van der Waals surface area contributed by atoms with Crippen LogP contribution < -0.4 is 15.8 Å². The van der Waals surface area contributed by atoms with Crippen molar-refractivity contribution in [3.05, 3.63) is 57.0 Å². The Labute approximate surface area is 183 Å². The number of fused-ring (bicyclic) bond motifs is 1. The number of aryl methyl sites for hydroxylation is 1. The first-order valence-corrected chi connectivity index (χ1v) is 10.9. The van der Waals surface area contributed by atoms with E-state index in [-0.39, 0.29) is 11.5 Å². The second-order valence-corrected chi connectivity index (χ2v) is 8.73. The maximum Gasteiger partial charge on any atom is 0.326 e. The summed E-state index contributed by atoms with van der Waals surface area (Å²) in [4.78, 5) is 45.7. The Kier molecular flexibility index (Phi) is 6.74. The first-order valence-electron chi connectivity index (χ1n) is 10.0. The van der Waals surface area contributed by atoms with Crippen LogP contribution in [0, 0.1) is 12.8 Å². The van der Waals surface area contributed by atoms with Crippen LogP contribution in [-0.2, 0) is 11.3 Å². The number of carbonyl (C=O) groups is 2. The van der Waals surface area contributed by atoms with Gasteiger partial charge in [-0.1, -0.05) is 26.3 Å². The molecule has 3 aromatic rings. The number of hydrogen-bond donors (Lipinski definition) is 3. The van der Waals surface area contributed by atoms with Crippen LogP contribution in [0.2, 0.25) is 0 Å². The van der Waals surface area contributed by atoms with E-state index in [0.717, 1.165) is 10.6 Å². The molecule has 1 unspecified atom stereocenters. The molecule has 3 rings (SSSR count). The molecule has 2 heterocycles. The highest BCUT2D eigenvalue weighted by Crippen LogP contribution is 2.27. The van der Waals surface area contributed by atoms with Crippen LogP contribution >= 0.6 is 11.3 Å². The van der Waals surface area contributed by atoms with Crippen molar-refractivity contribution in [1.29, 1.82) is 0 Å². The lowest BCUT2D eigenvalue weighted by Crippen LogP contribution is -2.44. The third-order valence-corrected chi connectivity index (χ3v) is 6.46. The molecule has 0 bridgehead atoms. The molecule has 0 aliphatic rings. The average Bonchev–Trinajstić information content (AvgIpc) is 3.22. The molecule has 3 N–H and O–H groups in total. The zero-order valence-corrected chi connectivity index (χ0v) is 18.7. The fourth-order valence-corrected chi connectivity index (χ4v) is 4.17. The van der Waals surface area contributed by atoms with E-state index in [2.05, 4.69) is 15.3 Å². The highest BCUT2D eigenvalue weighted by Gasteiger charge is 2.26. The second-order valence-electron chi connectivity index (χ2n) is 7.67. The molecule has 2 atom stereocenters. The number of carboxylic acid groups (broad SMARTS) is 1. The largest absolute Gasteiger partial charge is 0.480 e. The van der Waals surface area contributed by atoms with E-state index in [1.807, 2.05) is 43.1 Å². The van der Waals surface area contributed by atoms with E-state index >= 15 is 0 Å². The van der Waals surface area contributed by atoms with Crippen molar-refractivity contribution in [2.75, 3.05) is 11.9 Å². The van der Waals surface area contributed by atoms with Gasteiger partial charge in [-0.3, -0.25) is 9.59 Å². The first kappa shape index (κ1) is 22.5. The first-order chi connectivity index (χ1) is 14.7. The van der Waals surface area contributed by atoms with Crippen molar-refractivity contribution in [1.82, 2.24) is 15.3 Å². The molecule has 1 aromatic carbocycles. The van der Waals surface area contributed by atoms with Gasteiger partial charge in [0.05, 0.1) is 20.8 Å². The van der Waals surface area contributed by atoms with Crippen LogP contribution in [0.5, 0.6) is 0 Å².